The molecule has 120 valence electrons. The standard InChI is InChI=1S/C17H20N4OS/c22-16-15(6-8-21(16)14-4-2-1-3-5-14)19-9-11-20(12-10-19)17-18-7-13-23-17/h1-5,7,13,15H,6,8-12H2/t15-/m1/s1. The van der Waals surface area contributed by atoms with Crippen LogP contribution in [0, 0.1) is 0 Å². The number of carbonyl (C=O) groups excluding carboxylic acids is 1. The lowest BCUT2D eigenvalue weighted by atomic mass is 10.2. The van der Waals surface area contributed by atoms with Gasteiger partial charge in [0.2, 0.25) is 5.91 Å². The summed E-state index contributed by atoms with van der Waals surface area (Å²) in [5.41, 5.74) is 1.02. The van der Waals surface area contributed by atoms with E-state index in [0.717, 1.165) is 50.0 Å². The van der Waals surface area contributed by atoms with Crippen molar-refractivity contribution in [2.75, 3.05) is 42.5 Å². The first-order chi connectivity index (χ1) is 11.3. The van der Waals surface area contributed by atoms with Gasteiger partial charge in [-0.2, -0.15) is 0 Å². The first-order valence-electron chi connectivity index (χ1n) is 8.08. The summed E-state index contributed by atoms with van der Waals surface area (Å²) in [5.74, 6) is 0.249. The van der Waals surface area contributed by atoms with Crippen molar-refractivity contribution in [3.63, 3.8) is 0 Å². The lowest BCUT2D eigenvalue weighted by molar-refractivity contribution is -0.121. The van der Waals surface area contributed by atoms with Crippen molar-refractivity contribution >= 4 is 28.1 Å². The molecule has 3 heterocycles. The van der Waals surface area contributed by atoms with Gasteiger partial charge in [-0.1, -0.05) is 18.2 Å². The Kier molecular flexibility index (Phi) is 4.01. The van der Waals surface area contributed by atoms with Gasteiger partial charge in [0.15, 0.2) is 5.13 Å². The molecule has 2 saturated heterocycles. The minimum Gasteiger partial charge on any atom is -0.346 e. The lowest BCUT2D eigenvalue weighted by Crippen LogP contribution is -2.52. The molecule has 0 spiro atoms. The van der Waals surface area contributed by atoms with Crippen molar-refractivity contribution in [1.82, 2.24) is 9.88 Å². The second kappa shape index (κ2) is 6.29. The first kappa shape index (κ1) is 14.7. The third-order valence-corrected chi connectivity index (χ3v) is 5.52. The summed E-state index contributed by atoms with van der Waals surface area (Å²) in [6.07, 6.45) is 2.77. The van der Waals surface area contributed by atoms with Gasteiger partial charge in [0.25, 0.3) is 0 Å². The largest absolute Gasteiger partial charge is 0.346 e. The van der Waals surface area contributed by atoms with E-state index < -0.39 is 0 Å². The van der Waals surface area contributed by atoms with Crippen LogP contribution in [0.25, 0.3) is 0 Å². The Morgan fingerprint density at radius 1 is 1.04 bits per heavy atom. The number of rotatable bonds is 3. The molecule has 0 saturated carbocycles. The Balaban J connectivity index is 1.39. The molecule has 0 radical (unpaired) electrons. The van der Waals surface area contributed by atoms with Crippen LogP contribution in [-0.4, -0.2) is 54.6 Å². The van der Waals surface area contributed by atoms with Gasteiger partial charge in [-0.15, -0.1) is 11.3 Å². The van der Waals surface area contributed by atoms with E-state index in [1.165, 1.54) is 0 Å². The van der Waals surface area contributed by atoms with Gasteiger partial charge in [0, 0.05) is 50.0 Å². The van der Waals surface area contributed by atoms with Crippen molar-refractivity contribution in [1.29, 1.82) is 0 Å². The second-order valence-corrected chi connectivity index (χ2v) is 6.84. The predicted molar refractivity (Wildman–Crippen MR) is 93.1 cm³/mol. The van der Waals surface area contributed by atoms with E-state index in [1.807, 2.05) is 46.8 Å². The highest BCUT2D eigenvalue weighted by Gasteiger charge is 2.37. The zero-order valence-corrected chi connectivity index (χ0v) is 13.8. The van der Waals surface area contributed by atoms with Crippen molar-refractivity contribution in [3.05, 3.63) is 41.9 Å². The fourth-order valence-corrected chi connectivity index (χ4v) is 4.16. The van der Waals surface area contributed by atoms with E-state index in [0.29, 0.717) is 0 Å². The van der Waals surface area contributed by atoms with E-state index in [2.05, 4.69) is 14.8 Å². The summed E-state index contributed by atoms with van der Waals surface area (Å²) in [5, 5.41) is 3.10. The van der Waals surface area contributed by atoms with Gasteiger partial charge in [-0.25, -0.2) is 4.98 Å². The third kappa shape index (κ3) is 2.84. The van der Waals surface area contributed by atoms with Crippen molar-refractivity contribution in [2.45, 2.75) is 12.5 Å². The molecule has 2 aliphatic heterocycles. The van der Waals surface area contributed by atoms with Crippen LogP contribution >= 0.6 is 11.3 Å². The number of nitrogens with zero attached hydrogens (tertiary/aromatic N) is 4. The van der Waals surface area contributed by atoms with Gasteiger partial charge in [0.05, 0.1) is 6.04 Å². The minimum atomic E-state index is 0.0358. The Bertz CT molecular complexity index is 652. The van der Waals surface area contributed by atoms with Crippen molar-refractivity contribution < 1.29 is 4.79 Å². The van der Waals surface area contributed by atoms with Gasteiger partial charge >= 0.3 is 0 Å². The molecule has 1 aromatic heterocycles. The Morgan fingerprint density at radius 2 is 1.83 bits per heavy atom. The van der Waals surface area contributed by atoms with Crippen LogP contribution < -0.4 is 9.80 Å². The quantitative estimate of drug-likeness (QED) is 0.865. The molecule has 0 aliphatic carbocycles. The molecule has 0 unspecified atom stereocenters. The number of carbonyl (C=O) groups is 1. The molecular formula is C17H20N4OS. The SMILES string of the molecule is O=C1[C@H](N2CCN(c3nccs3)CC2)CCN1c1ccccc1. The smallest absolute Gasteiger partial charge is 0.244 e. The maximum Gasteiger partial charge on any atom is 0.244 e. The summed E-state index contributed by atoms with van der Waals surface area (Å²) in [4.78, 5) is 23.7. The highest BCUT2D eigenvalue weighted by molar-refractivity contribution is 7.13. The van der Waals surface area contributed by atoms with Gasteiger partial charge in [-0.3, -0.25) is 9.69 Å². The van der Waals surface area contributed by atoms with Crippen molar-refractivity contribution in [3.8, 4) is 0 Å². The van der Waals surface area contributed by atoms with E-state index >= 15 is 0 Å². The molecule has 5 nitrogen and oxygen atoms in total. The lowest BCUT2D eigenvalue weighted by Gasteiger charge is -2.37. The van der Waals surface area contributed by atoms with E-state index in [1.54, 1.807) is 11.3 Å². The molecule has 1 atom stereocenters. The molecule has 1 amide bonds. The molecule has 0 bridgehead atoms. The summed E-state index contributed by atoms with van der Waals surface area (Å²) >= 11 is 1.68. The molecule has 2 fully saturated rings. The normalized spacial score (nSPS) is 22.8. The number of piperazine rings is 1. The topological polar surface area (TPSA) is 39.7 Å². The zero-order valence-electron chi connectivity index (χ0n) is 13.0. The first-order valence-corrected chi connectivity index (χ1v) is 8.96. The number of hydrogen-bond acceptors (Lipinski definition) is 5. The number of anilines is 2. The van der Waals surface area contributed by atoms with Gasteiger partial charge in [-0.05, 0) is 18.6 Å². The number of hydrogen-bond donors (Lipinski definition) is 0. The Hall–Kier alpha value is -1.92. The number of aromatic nitrogens is 1. The van der Waals surface area contributed by atoms with E-state index in [-0.39, 0.29) is 11.9 Å². The molecule has 4 rings (SSSR count). The second-order valence-electron chi connectivity index (χ2n) is 5.97. The molecule has 1 aromatic carbocycles. The maximum atomic E-state index is 12.8. The summed E-state index contributed by atoms with van der Waals surface area (Å²) in [6, 6.07) is 10.0. The maximum absolute atomic E-state index is 12.8. The number of benzene rings is 1. The molecule has 2 aliphatic rings. The molecule has 23 heavy (non-hydrogen) atoms. The summed E-state index contributed by atoms with van der Waals surface area (Å²) < 4.78 is 0. The highest BCUT2D eigenvalue weighted by Crippen LogP contribution is 2.26. The number of amides is 1. The molecular weight excluding hydrogens is 308 g/mol. The number of para-hydroxylation sites is 1. The third-order valence-electron chi connectivity index (χ3n) is 4.69. The average Bonchev–Trinajstić information content (AvgIpc) is 3.26. The summed E-state index contributed by atoms with van der Waals surface area (Å²) in [6.45, 7) is 4.57. The molecule has 2 aromatic rings. The van der Waals surface area contributed by atoms with Gasteiger partial charge < -0.3 is 9.80 Å². The fraction of sp³-hybridized carbons (Fsp3) is 0.412. The monoisotopic (exact) mass is 328 g/mol. The predicted octanol–water partition coefficient (Wildman–Crippen LogP) is 2.07. The molecule has 6 heteroatoms. The molecule has 0 N–H and O–H groups in total. The highest BCUT2D eigenvalue weighted by atomic mass is 32.1. The Morgan fingerprint density at radius 3 is 2.52 bits per heavy atom. The van der Waals surface area contributed by atoms with Crippen LogP contribution in [0.1, 0.15) is 6.42 Å². The number of thiazole rings is 1. The summed E-state index contributed by atoms with van der Waals surface area (Å²) in [7, 11) is 0. The van der Waals surface area contributed by atoms with Crippen LogP contribution in [0.3, 0.4) is 0 Å². The van der Waals surface area contributed by atoms with Crippen LogP contribution in [0.2, 0.25) is 0 Å². The van der Waals surface area contributed by atoms with Gasteiger partial charge in [0.1, 0.15) is 0 Å². The van der Waals surface area contributed by atoms with Crippen molar-refractivity contribution in [2.24, 2.45) is 0 Å². The van der Waals surface area contributed by atoms with Crippen LogP contribution in [-0.2, 0) is 4.79 Å². The zero-order chi connectivity index (χ0) is 15.6. The van der Waals surface area contributed by atoms with Crippen LogP contribution in [0.15, 0.2) is 41.9 Å². The average molecular weight is 328 g/mol. The van der Waals surface area contributed by atoms with Crippen LogP contribution in [0.5, 0.6) is 0 Å². The minimum absolute atomic E-state index is 0.0358. The van der Waals surface area contributed by atoms with E-state index in [4.69, 9.17) is 0 Å². The Labute approximate surface area is 140 Å². The van der Waals surface area contributed by atoms with E-state index in [9.17, 15) is 4.79 Å². The van der Waals surface area contributed by atoms with Crippen LogP contribution in [0.4, 0.5) is 10.8 Å². The fourth-order valence-electron chi connectivity index (χ4n) is 3.46.